The van der Waals surface area contributed by atoms with E-state index >= 15 is 0 Å². The van der Waals surface area contributed by atoms with Gasteiger partial charge in [0.15, 0.2) is 0 Å². The van der Waals surface area contributed by atoms with Crippen molar-refractivity contribution in [3.05, 3.63) is 28.0 Å². The topological polar surface area (TPSA) is 46.9 Å². The number of nitrogens with one attached hydrogen (secondary N) is 1. The van der Waals surface area contributed by atoms with Gasteiger partial charge in [-0.25, -0.2) is 4.98 Å². The van der Waals surface area contributed by atoms with Crippen molar-refractivity contribution in [3.63, 3.8) is 0 Å². The van der Waals surface area contributed by atoms with Gasteiger partial charge in [-0.1, -0.05) is 23.2 Å². The maximum absolute atomic E-state index is 12.1. The number of hydrogen-bond acceptors (Lipinski definition) is 2. The zero-order chi connectivity index (χ0) is 15.8. The highest BCUT2D eigenvalue weighted by molar-refractivity contribution is 6.42. The molecule has 7 heteroatoms. The van der Waals surface area contributed by atoms with Gasteiger partial charge in [0.05, 0.1) is 27.0 Å². The number of hydrogen-bond donors (Lipinski definition) is 1. The van der Waals surface area contributed by atoms with E-state index < -0.39 is 0 Å². The average molecular weight is 349 g/mol. The van der Waals surface area contributed by atoms with Crippen LogP contribution < -0.4 is 5.32 Å². The van der Waals surface area contributed by atoms with E-state index in [0.717, 1.165) is 5.52 Å². The molecule has 0 aliphatic carbocycles. The van der Waals surface area contributed by atoms with Crippen molar-refractivity contribution in [1.29, 1.82) is 0 Å². The predicted octanol–water partition coefficient (Wildman–Crippen LogP) is 4.00. The lowest BCUT2D eigenvalue weighted by molar-refractivity contribution is -0.123. The van der Waals surface area contributed by atoms with Crippen LogP contribution in [0.25, 0.3) is 11.0 Å². The van der Waals surface area contributed by atoms with Crippen molar-refractivity contribution >= 4 is 51.7 Å². The molecule has 0 aliphatic heterocycles. The smallest absolute Gasteiger partial charge is 0.240 e. The van der Waals surface area contributed by atoms with Crippen molar-refractivity contribution in [1.82, 2.24) is 14.9 Å². The van der Waals surface area contributed by atoms with Crippen molar-refractivity contribution in [3.8, 4) is 0 Å². The summed E-state index contributed by atoms with van der Waals surface area (Å²) in [5.74, 6) is 0.695. The van der Waals surface area contributed by atoms with Crippen molar-refractivity contribution in [2.24, 2.45) is 0 Å². The van der Waals surface area contributed by atoms with Crippen LogP contribution in [0.1, 0.15) is 26.6 Å². The van der Waals surface area contributed by atoms with Gasteiger partial charge >= 0.3 is 0 Å². The summed E-state index contributed by atoms with van der Waals surface area (Å²) in [6, 6.07) is 3.38. The van der Waals surface area contributed by atoms with Crippen LogP contribution in [0.5, 0.6) is 0 Å². The molecule has 0 bridgehead atoms. The van der Waals surface area contributed by atoms with E-state index in [2.05, 4.69) is 10.3 Å². The van der Waals surface area contributed by atoms with Crippen LogP contribution in [-0.2, 0) is 17.2 Å². The third kappa shape index (κ3) is 3.82. The summed E-state index contributed by atoms with van der Waals surface area (Å²) >= 11 is 18.0. The molecule has 4 nitrogen and oxygen atoms in total. The van der Waals surface area contributed by atoms with E-state index in [9.17, 15) is 4.79 Å². The van der Waals surface area contributed by atoms with Gasteiger partial charge in [0, 0.05) is 5.54 Å². The highest BCUT2D eigenvalue weighted by Gasteiger charge is 2.18. The number of carbonyl (C=O) groups is 1. The highest BCUT2D eigenvalue weighted by Crippen LogP contribution is 2.28. The van der Waals surface area contributed by atoms with Crippen LogP contribution in [0.15, 0.2) is 12.1 Å². The van der Waals surface area contributed by atoms with Crippen LogP contribution in [0.2, 0.25) is 10.0 Å². The molecule has 0 fully saturated rings. The third-order valence-corrected chi connectivity index (χ3v) is 3.77. The molecule has 0 aliphatic rings. The Kier molecular flexibility index (Phi) is 4.71. The molecule has 0 saturated heterocycles. The van der Waals surface area contributed by atoms with Gasteiger partial charge in [0.2, 0.25) is 5.91 Å². The maximum atomic E-state index is 12.1. The maximum Gasteiger partial charge on any atom is 0.240 e. The summed E-state index contributed by atoms with van der Waals surface area (Å²) in [6.07, 6.45) is 0. The largest absolute Gasteiger partial charge is 0.350 e. The zero-order valence-corrected chi connectivity index (χ0v) is 14.3. The van der Waals surface area contributed by atoms with E-state index in [1.165, 1.54) is 0 Å². The fourth-order valence-corrected chi connectivity index (χ4v) is 2.57. The summed E-state index contributed by atoms with van der Waals surface area (Å²) in [5, 5.41) is 3.75. The predicted molar refractivity (Wildman–Crippen MR) is 87.2 cm³/mol. The van der Waals surface area contributed by atoms with Gasteiger partial charge < -0.3 is 9.88 Å². The van der Waals surface area contributed by atoms with Gasteiger partial charge in [0.1, 0.15) is 12.4 Å². The molecule has 1 aromatic carbocycles. The normalized spacial score (nSPS) is 11.9. The monoisotopic (exact) mass is 347 g/mol. The Balaban J connectivity index is 2.42. The quantitative estimate of drug-likeness (QED) is 0.852. The number of imidazole rings is 1. The zero-order valence-electron chi connectivity index (χ0n) is 12.0. The Labute approximate surface area is 138 Å². The Morgan fingerprint density at radius 2 is 1.90 bits per heavy atom. The van der Waals surface area contributed by atoms with Crippen LogP contribution in [0.4, 0.5) is 0 Å². The van der Waals surface area contributed by atoms with Crippen LogP contribution >= 0.6 is 34.8 Å². The minimum atomic E-state index is -0.296. The molecule has 2 aromatic rings. The first kappa shape index (κ1) is 16.4. The molecule has 1 aromatic heterocycles. The summed E-state index contributed by atoms with van der Waals surface area (Å²) in [7, 11) is 0. The second kappa shape index (κ2) is 6.03. The first-order chi connectivity index (χ1) is 9.71. The summed E-state index contributed by atoms with van der Waals surface area (Å²) in [4.78, 5) is 16.5. The number of nitrogens with zero attached hydrogens (tertiary/aromatic N) is 2. The second-order valence-corrected chi connectivity index (χ2v) is 6.88. The number of aromatic nitrogens is 2. The molecule has 0 atom stereocenters. The van der Waals surface area contributed by atoms with Crippen molar-refractivity contribution in [2.45, 2.75) is 38.7 Å². The summed E-state index contributed by atoms with van der Waals surface area (Å²) < 4.78 is 1.76. The van der Waals surface area contributed by atoms with E-state index in [4.69, 9.17) is 34.8 Å². The molecule has 114 valence electrons. The van der Waals surface area contributed by atoms with Gasteiger partial charge in [0.25, 0.3) is 0 Å². The Hall–Kier alpha value is -0.970. The molecule has 1 amide bonds. The Bertz CT molecular complexity index is 689. The van der Waals surface area contributed by atoms with Gasteiger partial charge in [-0.2, -0.15) is 0 Å². The number of halogens is 3. The van der Waals surface area contributed by atoms with Crippen LogP contribution in [0.3, 0.4) is 0 Å². The number of amides is 1. The first-order valence-corrected chi connectivity index (χ1v) is 7.71. The van der Waals surface area contributed by atoms with Gasteiger partial charge in [-0.3, -0.25) is 4.79 Å². The number of fused-ring (bicyclic) bond motifs is 1. The van der Waals surface area contributed by atoms with Crippen LogP contribution in [0, 0.1) is 0 Å². The van der Waals surface area contributed by atoms with Crippen LogP contribution in [-0.4, -0.2) is 21.0 Å². The van der Waals surface area contributed by atoms with Crippen molar-refractivity contribution < 1.29 is 4.79 Å². The van der Waals surface area contributed by atoms with Gasteiger partial charge in [-0.15, -0.1) is 11.6 Å². The molecule has 0 radical (unpaired) electrons. The minimum absolute atomic E-state index is 0.112. The molecule has 1 heterocycles. The first-order valence-electron chi connectivity index (χ1n) is 6.42. The SMILES string of the molecule is CC(C)(C)NC(=O)Cn1c(CCl)nc2cc(Cl)c(Cl)cc21. The lowest BCUT2D eigenvalue weighted by Crippen LogP contribution is -2.42. The highest BCUT2D eigenvalue weighted by atomic mass is 35.5. The third-order valence-electron chi connectivity index (χ3n) is 2.81. The second-order valence-electron chi connectivity index (χ2n) is 5.80. The molecular weight excluding hydrogens is 333 g/mol. The standard InChI is InChI=1S/C14H16Cl3N3O/c1-14(2,3)19-13(21)7-20-11-5-9(17)8(16)4-10(11)18-12(20)6-15/h4-5H,6-7H2,1-3H3,(H,19,21). The number of benzene rings is 1. The van der Waals surface area contributed by atoms with E-state index in [0.29, 0.717) is 21.4 Å². The molecule has 0 saturated carbocycles. The molecule has 21 heavy (non-hydrogen) atoms. The van der Waals surface area contributed by atoms with E-state index in [1.54, 1.807) is 16.7 Å². The lowest BCUT2D eigenvalue weighted by atomic mass is 10.1. The molecule has 0 spiro atoms. The minimum Gasteiger partial charge on any atom is -0.350 e. The average Bonchev–Trinajstić information content (AvgIpc) is 2.65. The number of carbonyl (C=O) groups excluding carboxylic acids is 1. The molecule has 0 unspecified atom stereocenters. The summed E-state index contributed by atoms with van der Waals surface area (Å²) in [5.41, 5.74) is 1.11. The van der Waals surface area contributed by atoms with E-state index in [-0.39, 0.29) is 23.9 Å². The Morgan fingerprint density at radius 3 is 2.48 bits per heavy atom. The fourth-order valence-electron chi connectivity index (χ4n) is 2.05. The molecule has 2 rings (SSSR count). The molecule has 1 N–H and O–H groups in total. The molecular formula is C14H16Cl3N3O. The Morgan fingerprint density at radius 1 is 1.29 bits per heavy atom. The fraction of sp³-hybridized carbons (Fsp3) is 0.429. The number of alkyl halides is 1. The van der Waals surface area contributed by atoms with Gasteiger partial charge in [-0.05, 0) is 32.9 Å². The van der Waals surface area contributed by atoms with E-state index in [1.807, 2.05) is 20.8 Å². The summed E-state index contributed by atoms with van der Waals surface area (Å²) in [6.45, 7) is 5.91. The lowest BCUT2D eigenvalue weighted by Gasteiger charge is -2.21. The van der Waals surface area contributed by atoms with Crippen molar-refractivity contribution in [2.75, 3.05) is 0 Å². The number of rotatable bonds is 3.